The molecule has 0 aliphatic rings. The summed E-state index contributed by atoms with van der Waals surface area (Å²) < 4.78 is 0.540. The highest BCUT2D eigenvalue weighted by molar-refractivity contribution is 9.10. The topological polar surface area (TPSA) is 75.1 Å². The zero-order chi connectivity index (χ0) is 13.8. The Morgan fingerprint density at radius 2 is 2.16 bits per heavy atom. The number of halogens is 1. The summed E-state index contributed by atoms with van der Waals surface area (Å²) in [5.74, 6) is -0.360. The molecular weight excluding hydrogens is 330 g/mol. The average molecular weight is 340 g/mol. The summed E-state index contributed by atoms with van der Waals surface area (Å²) in [5, 5.41) is 12.9. The summed E-state index contributed by atoms with van der Waals surface area (Å²) in [7, 11) is 0. The zero-order valence-electron chi connectivity index (χ0n) is 9.92. The van der Waals surface area contributed by atoms with Gasteiger partial charge in [0.2, 0.25) is 0 Å². The van der Waals surface area contributed by atoms with Gasteiger partial charge in [-0.15, -0.1) is 11.8 Å². The van der Waals surface area contributed by atoms with Crippen LogP contribution in [0.4, 0.5) is 11.5 Å². The number of benzene rings is 1. The summed E-state index contributed by atoms with van der Waals surface area (Å²) in [5.41, 5.74) is 0.857. The largest absolute Gasteiger partial charge is 0.478 e. The van der Waals surface area contributed by atoms with Crippen LogP contribution in [0.3, 0.4) is 0 Å². The number of anilines is 2. The van der Waals surface area contributed by atoms with E-state index in [1.54, 1.807) is 24.3 Å². The average Bonchev–Trinajstić information content (AvgIpc) is 2.41. The van der Waals surface area contributed by atoms with Crippen molar-refractivity contribution in [3.63, 3.8) is 0 Å². The molecule has 0 saturated carbocycles. The predicted octanol–water partition coefficient (Wildman–Crippen LogP) is 3.40. The first-order valence-electron chi connectivity index (χ1n) is 5.26. The van der Waals surface area contributed by atoms with E-state index < -0.39 is 5.97 Å². The molecule has 0 amide bonds. The van der Waals surface area contributed by atoms with E-state index >= 15 is 0 Å². The van der Waals surface area contributed by atoms with Crippen LogP contribution in [0.15, 0.2) is 40.1 Å². The van der Waals surface area contributed by atoms with Crippen molar-refractivity contribution in [3.8, 4) is 0 Å². The summed E-state index contributed by atoms with van der Waals surface area (Å²) in [6.07, 6.45) is 3.39. The van der Waals surface area contributed by atoms with Crippen LogP contribution in [0.2, 0.25) is 0 Å². The molecule has 0 aliphatic carbocycles. The minimum atomic E-state index is -0.983. The van der Waals surface area contributed by atoms with Gasteiger partial charge < -0.3 is 10.4 Å². The van der Waals surface area contributed by atoms with Gasteiger partial charge in [-0.1, -0.05) is 0 Å². The molecular formula is C12H10BrN3O2S. The molecule has 5 nitrogen and oxygen atoms in total. The number of carboxylic acids is 1. The quantitative estimate of drug-likeness (QED) is 0.656. The second-order valence-corrected chi connectivity index (χ2v) is 5.25. The van der Waals surface area contributed by atoms with Gasteiger partial charge in [0, 0.05) is 16.2 Å². The van der Waals surface area contributed by atoms with E-state index in [0.29, 0.717) is 16.0 Å². The summed E-state index contributed by atoms with van der Waals surface area (Å²) >= 11 is 4.71. The van der Waals surface area contributed by atoms with Crippen LogP contribution in [0, 0.1) is 0 Å². The third-order valence-electron chi connectivity index (χ3n) is 2.32. The van der Waals surface area contributed by atoms with Crippen LogP contribution in [-0.2, 0) is 0 Å². The molecule has 0 radical (unpaired) electrons. The van der Waals surface area contributed by atoms with Gasteiger partial charge in [-0.25, -0.2) is 14.8 Å². The number of aromatic nitrogens is 2. The predicted molar refractivity (Wildman–Crippen MR) is 78.2 cm³/mol. The van der Waals surface area contributed by atoms with Gasteiger partial charge in [0.25, 0.3) is 0 Å². The van der Waals surface area contributed by atoms with E-state index in [1.807, 2.05) is 6.26 Å². The first-order valence-corrected chi connectivity index (χ1v) is 7.28. The number of thioether (sulfide) groups is 1. The Balaban J connectivity index is 2.28. The molecule has 0 fully saturated rings. The highest BCUT2D eigenvalue weighted by atomic mass is 79.9. The van der Waals surface area contributed by atoms with E-state index in [9.17, 15) is 4.79 Å². The van der Waals surface area contributed by atoms with Crippen LogP contribution >= 0.6 is 27.7 Å². The molecule has 2 aromatic rings. The van der Waals surface area contributed by atoms with Crippen LogP contribution in [-0.4, -0.2) is 27.3 Å². The monoisotopic (exact) mass is 339 g/mol. The Morgan fingerprint density at radius 1 is 1.37 bits per heavy atom. The summed E-state index contributed by atoms with van der Waals surface area (Å²) in [6.45, 7) is 0. The molecule has 2 rings (SSSR count). The number of rotatable bonds is 4. The molecule has 0 saturated heterocycles. The summed E-state index contributed by atoms with van der Waals surface area (Å²) in [6, 6.07) is 6.81. The highest BCUT2D eigenvalue weighted by Gasteiger charge is 2.09. The molecule has 0 atom stereocenters. The molecule has 1 aromatic carbocycles. The lowest BCUT2D eigenvalue weighted by molar-refractivity contribution is 0.0696. The Morgan fingerprint density at radius 3 is 2.84 bits per heavy atom. The number of nitrogens with one attached hydrogen (secondary N) is 1. The fourth-order valence-electron chi connectivity index (χ4n) is 1.43. The molecule has 98 valence electrons. The van der Waals surface area contributed by atoms with Crippen molar-refractivity contribution >= 4 is 45.2 Å². The molecule has 0 spiro atoms. The van der Waals surface area contributed by atoms with E-state index in [0.717, 1.165) is 5.03 Å². The van der Waals surface area contributed by atoms with Crippen molar-refractivity contribution in [3.05, 3.63) is 40.6 Å². The van der Waals surface area contributed by atoms with Crippen molar-refractivity contribution in [1.29, 1.82) is 0 Å². The third kappa shape index (κ3) is 3.45. The Labute approximate surface area is 122 Å². The van der Waals surface area contributed by atoms with Crippen LogP contribution in [0.5, 0.6) is 0 Å². The number of nitrogens with zero attached hydrogens (tertiary/aromatic N) is 2. The maximum Gasteiger partial charge on any atom is 0.336 e. The SMILES string of the molecule is CSc1cc(Nc2ccc(Br)c(C(=O)O)c2)ncn1. The molecule has 7 heteroatoms. The van der Waals surface area contributed by atoms with E-state index in [4.69, 9.17) is 5.11 Å². The Bertz CT molecular complexity index is 622. The van der Waals surface area contributed by atoms with Gasteiger partial charge in [0.05, 0.1) is 5.56 Å². The standard InChI is InChI=1S/C12H10BrN3O2S/c1-19-11-5-10(14-6-15-11)16-7-2-3-9(13)8(4-7)12(17)18/h2-6H,1H3,(H,17,18)(H,14,15,16). The van der Waals surface area contributed by atoms with Crippen molar-refractivity contribution < 1.29 is 9.90 Å². The maximum atomic E-state index is 11.0. The fraction of sp³-hybridized carbons (Fsp3) is 0.0833. The molecule has 0 aliphatic heterocycles. The molecule has 0 unspecified atom stereocenters. The van der Waals surface area contributed by atoms with Crippen LogP contribution < -0.4 is 5.32 Å². The first-order chi connectivity index (χ1) is 9.10. The second-order valence-electron chi connectivity index (χ2n) is 3.57. The number of aromatic carboxylic acids is 1. The van der Waals surface area contributed by atoms with Gasteiger partial charge in [-0.3, -0.25) is 0 Å². The molecule has 1 aromatic heterocycles. The van der Waals surface area contributed by atoms with Crippen molar-refractivity contribution in [1.82, 2.24) is 9.97 Å². The third-order valence-corrected chi connectivity index (χ3v) is 3.65. The second kappa shape index (κ2) is 6.03. The molecule has 2 N–H and O–H groups in total. The van der Waals surface area contributed by atoms with E-state index in [1.165, 1.54) is 18.1 Å². The maximum absolute atomic E-state index is 11.0. The minimum absolute atomic E-state index is 0.198. The normalized spacial score (nSPS) is 10.2. The molecule has 1 heterocycles. The van der Waals surface area contributed by atoms with Crippen molar-refractivity contribution in [2.45, 2.75) is 5.03 Å². The number of hydrogen-bond acceptors (Lipinski definition) is 5. The van der Waals surface area contributed by atoms with E-state index in [-0.39, 0.29) is 5.56 Å². The van der Waals surface area contributed by atoms with Gasteiger partial charge in [0.15, 0.2) is 0 Å². The number of carboxylic acid groups (broad SMARTS) is 1. The Hall–Kier alpha value is -1.60. The lowest BCUT2D eigenvalue weighted by Gasteiger charge is -2.08. The van der Waals surface area contributed by atoms with Crippen molar-refractivity contribution in [2.24, 2.45) is 0 Å². The zero-order valence-corrected chi connectivity index (χ0v) is 12.3. The smallest absolute Gasteiger partial charge is 0.336 e. The Kier molecular flexibility index (Phi) is 4.39. The lowest BCUT2D eigenvalue weighted by Crippen LogP contribution is -2.00. The molecule has 0 bridgehead atoms. The van der Waals surface area contributed by atoms with Gasteiger partial charge in [-0.05, 0) is 40.4 Å². The van der Waals surface area contributed by atoms with Crippen LogP contribution in [0.1, 0.15) is 10.4 Å². The minimum Gasteiger partial charge on any atom is -0.478 e. The van der Waals surface area contributed by atoms with Crippen molar-refractivity contribution in [2.75, 3.05) is 11.6 Å². The highest BCUT2D eigenvalue weighted by Crippen LogP contribution is 2.24. The van der Waals surface area contributed by atoms with Gasteiger partial charge >= 0.3 is 5.97 Å². The molecule has 19 heavy (non-hydrogen) atoms. The first kappa shape index (κ1) is 13.8. The van der Waals surface area contributed by atoms with Crippen LogP contribution in [0.25, 0.3) is 0 Å². The lowest BCUT2D eigenvalue weighted by atomic mass is 10.2. The van der Waals surface area contributed by atoms with Gasteiger partial charge in [0.1, 0.15) is 17.2 Å². The van der Waals surface area contributed by atoms with E-state index in [2.05, 4.69) is 31.2 Å². The number of hydrogen-bond donors (Lipinski definition) is 2. The summed E-state index contributed by atoms with van der Waals surface area (Å²) in [4.78, 5) is 19.2. The fourth-order valence-corrected chi connectivity index (χ4v) is 2.23. The van der Waals surface area contributed by atoms with Gasteiger partial charge in [-0.2, -0.15) is 0 Å². The number of carbonyl (C=O) groups is 1.